The minimum atomic E-state index is -0.187. The first-order valence-electron chi connectivity index (χ1n) is 9.35. The summed E-state index contributed by atoms with van der Waals surface area (Å²) in [5.41, 5.74) is 1.35. The van der Waals surface area contributed by atoms with Crippen LogP contribution in [0.25, 0.3) is 0 Å². The molecule has 2 amide bonds. The third-order valence-corrected chi connectivity index (χ3v) is 5.71. The number of nitrogens with zero attached hydrogens (tertiary/aromatic N) is 2. The van der Waals surface area contributed by atoms with Crippen molar-refractivity contribution in [2.24, 2.45) is 11.8 Å². The Morgan fingerprint density at radius 2 is 1.75 bits per heavy atom. The number of amides is 2. The molecule has 3 fully saturated rings. The van der Waals surface area contributed by atoms with Crippen LogP contribution in [0.4, 0.5) is 0 Å². The molecule has 0 aromatic heterocycles. The van der Waals surface area contributed by atoms with Gasteiger partial charge in [0.15, 0.2) is 0 Å². The molecule has 4 nitrogen and oxygen atoms in total. The SMILES string of the molecule is O=C([C@@H]1CCCN1C(=O)C1CC1)N1CC[C@@H](Cc2ccccc2)C1. The first-order chi connectivity index (χ1) is 11.7. The zero-order valence-electron chi connectivity index (χ0n) is 14.2. The molecule has 128 valence electrons. The number of benzene rings is 1. The van der Waals surface area contributed by atoms with Crippen LogP contribution < -0.4 is 0 Å². The van der Waals surface area contributed by atoms with Gasteiger partial charge in [0.1, 0.15) is 6.04 Å². The van der Waals surface area contributed by atoms with Crippen molar-refractivity contribution in [3.8, 4) is 0 Å². The van der Waals surface area contributed by atoms with Crippen molar-refractivity contribution in [2.75, 3.05) is 19.6 Å². The van der Waals surface area contributed by atoms with Crippen LogP contribution in [0.1, 0.15) is 37.7 Å². The first kappa shape index (κ1) is 15.7. The quantitative estimate of drug-likeness (QED) is 0.853. The maximum absolute atomic E-state index is 12.9. The Bertz CT molecular complexity index is 611. The molecule has 1 aromatic carbocycles. The normalized spacial score (nSPS) is 26.8. The van der Waals surface area contributed by atoms with E-state index in [2.05, 4.69) is 24.3 Å². The molecule has 1 aromatic rings. The number of hydrogen-bond acceptors (Lipinski definition) is 2. The molecule has 3 aliphatic rings. The summed E-state index contributed by atoms with van der Waals surface area (Å²) in [6.07, 6.45) is 5.95. The number of likely N-dealkylation sites (tertiary alicyclic amines) is 2. The molecule has 1 saturated carbocycles. The average Bonchev–Trinajstić information content (AvgIpc) is 3.16. The summed E-state index contributed by atoms with van der Waals surface area (Å²) in [7, 11) is 0. The monoisotopic (exact) mass is 326 g/mol. The molecule has 4 rings (SSSR count). The van der Waals surface area contributed by atoms with Gasteiger partial charge in [0.2, 0.25) is 11.8 Å². The topological polar surface area (TPSA) is 40.6 Å². The van der Waals surface area contributed by atoms with Crippen LogP contribution in [-0.4, -0.2) is 47.3 Å². The van der Waals surface area contributed by atoms with Gasteiger partial charge < -0.3 is 9.80 Å². The summed E-state index contributed by atoms with van der Waals surface area (Å²) >= 11 is 0. The van der Waals surface area contributed by atoms with Gasteiger partial charge in [-0.2, -0.15) is 0 Å². The smallest absolute Gasteiger partial charge is 0.245 e. The molecule has 2 aliphatic heterocycles. The summed E-state index contributed by atoms with van der Waals surface area (Å²) in [6.45, 7) is 2.46. The lowest BCUT2D eigenvalue weighted by Crippen LogP contribution is -2.47. The van der Waals surface area contributed by atoms with E-state index in [1.807, 2.05) is 15.9 Å². The van der Waals surface area contributed by atoms with Gasteiger partial charge in [0.25, 0.3) is 0 Å². The van der Waals surface area contributed by atoms with Gasteiger partial charge in [-0.25, -0.2) is 0 Å². The van der Waals surface area contributed by atoms with E-state index in [-0.39, 0.29) is 23.8 Å². The van der Waals surface area contributed by atoms with E-state index in [0.717, 1.165) is 58.2 Å². The molecular formula is C20H26N2O2. The first-order valence-corrected chi connectivity index (χ1v) is 9.35. The highest BCUT2D eigenvalue weighted by atomic mass is 16.2. The fraction of sp³-hybridized carbons (Fsp3) is 0.600. The minimum Gasteiger partial charge on any atom is -0.341 e. The van der Waals surface area contributed by atoms with Crippen LogP contribution in [0.5, 0.6) is 0 Å². The van der Waals surface area contributed by atoms with E-state index in [4.69, 9.17) is 0 Å². The fourth-order valence-corrected chi connectivity index (χ4v) is 4.21. The molecule has 24 heavy (non-hydrogen) atoms. The molecule has 2 heterocycles. The van der Waals surface area contributed by atoms with Crippen LogP contribution >= 0.6 is 0 Å². The molecule has 4 heteroatoms. The van der Waals surface area contributed by atoms with Crippen molar-refractivity contribution < 1.29 is 9.59 Å². The molecule has 2 atom stereocenters. The standard InChI is InChI=1S/C20H26N2O2/c23-19(17-8-9-17)22-11-4-7-18(22)20(24)21-12-10-16(14-21)13-15-5-2-1-3-6-15/h1-3,5-6,16-18H,4,7-14H2/t16-,18-/m0/s1. The second-order valence-electron chi connectivity index (χ2n) is 7.59. The zero-order chi connectivity index (χ0) is 16.5. The molecule has 0 bridgehead atoms. The van der Waals surface area contributed by atoms with Gasteiger partial charge in [-0.15, -0.1) is 0 Å². The second-order valence-corrected chi connectivity index (χ2v) is 7.59. The third kappa shape index (κ3) is 3.19. The highest BCUT2D eigenvalue weighted by Crippen LogP contribution is 2.34. The van der Waals surface area contributed by atoms with E-state index in [0.29, 0.717) is 5.92 Å². The molecule has 0 unspecified atom stereocenters. The van der Waals surface area contributed by atoms with Crippen LogP contribution in [0.2, 0.25) is 0 Å². The second kappa shape index (κ2) is 6.58. The lowest BCUT2D eigenvalue weighted by molar-refractivity contribution is -0.143. The molecule has 0 N–H and O–H groups in total. The van der Waals surface area contributed by atoms with Crippen molar-refractivity contribution in [2.45, 2.75) is 44.6 Å². The Kier molecular flexibility index (Phi) is 4.30. The lowest BCUT2D eigenvalue weighted by atomic mass is 9.99. The third-order valence-electron chi connectivity index (χ3n) is 5.71. The Morgan fingerprint density at radius 3 is 2.50 bits per heavy atom. The maximum atomic E-state index is 12.9. The van der Waals surface area contributed by atoms with Gasteiger partial charge in [0.05, 0.1) is 0 Å². The van der Waals surface area contributed by atoms with Gasteiger partial charge in [-0.3, -0.25) is 9.59 Å². The molecule has 1 aliphatic carbocycles. The molecule has 0 radical (unpaired) electrons. The number of carbonyl (C=O) groups excluding carboxylic acids is 2. The molecule has 2 saturated heterocycles. The van der Waals surface area contributed by atoms with Crippen molar-refractivity contribution in [3.05, 3.63) is 35.9 Å². The zero-order valence-corrected chi connectivity index (χ0v) is 14.2. The van der Waals surface area contributed by atoms with Crippen molar-refractivity contribution in [3.63, 3.8) is 0 Å². The highest BCUT2D eigenvalue weighted by molar-refractivity contribution is 5.90. The van der Waals surface area contributed by atoms with Crippen molar-refractivity contribution in [1.29, 1.82) is 0 Å². The molecule has 0 spiro atoms. The van der Waals surface area contributed by atoms with Crippen LogP contribution in [0.15, 0.2) is 30.3 Å². The van der Waals surface area contributed by atoms with E-state index < -0.39 is 0 Å². The fourth-order valence-electron chi connectivity index (χ4n) is 4.21. The Labute approximate surface area is 143 Å². The van der Waals surface area contributed by atoms with Gasteiger partial charge >= 0.3 is 0 Å². The summed E-state index contributed by atoms with van der Waals surface area (Å²) in [6, 6.07) is 10.3. The van der Waals surface area contributed by atoms with E-state index in [1.165, 1.54) is 5.56 Å². The van der Waals surface area contributed by atoms with E-state index in [1.54, 1.807) is 0 Å². The maximum Gasteiger partial charge on any atom is 0.245 e. The summed E-state index contributed by atoms with van der Waals surface area (Å²) in [4.78, 5) is 29.2. The number of rotatable bonds is 4. The summed E-state index contributed by atoms with van der Waals surface area (Å²) < 4.78 is 0. The predicted molar refractivity (Wildman–Crippen MR) is 92.3 cm³/mol. The Hall–Kier alpha value is -1.84. The Balaban J connectivity index is 1.35. The summed E-state index contributed by atoms with van der Waals surface area (Å²) in [5, 5.41) is 0. The number of hydrogen-bond donors (Lipinski definition) is 0. The largest absolute Gasteiger partial charge is 0.341 e. The van der Waals surface area contributed by atoms with Crippen LogP contribution in [0, 0.1) is 11.8 Å². The van der Waals surface area contributed by atoms with Crippen LogP contribution in [0.3, 0.4) is 0 Å². The van der Waals surface area contributed by atoms with Crippen molar-refractivity contribution >= 4 is 11.8 Å². The lowest BCUT2D eigenvalue weighted by Gasteiger charge is -2.28. The Morgan fingerprint density at radius 1 is 0.958 bits per heavy atom. The predicted octanol–water partition coefficient (Wildman–Crippen LogP) is 2.48. The number of carbonyl (C=O) groups is 2. The summed E-state index contributed by atoms with van der Waals surface area (Å²) in [5.74, 6) is 1.18. The van der Waals surface area contributed by atoms with E-state index in [9.17, 15) is 9.59 Å². The highest BCUT2D eigenvalue weighted by Gasteiger charge is 2.42. The van der Waals surface area contributed by atoms with Gasteiger partial charge in [-0.1, -0.05) is 30.3 Å². The van der Waals surface area contributed by atoms with E-state index >= 15 is 0 Å². The average molecular weight is 326 g/mol. The minimum absolute atomic E-state index is 0.187. The van der Waals surface area contributed by atoms with Crippen molar-refractivity contribution in [1.82, 2.24) is 9.80 Å². The van der Waals surface area contributed by atoms with Gasteiger partial charge in [-0.05, 0) is 50.0 Å². The molecular weight excluding hydrogens is 300 g/mol. The van der Waals surface area contributed by atoms with Gasteiger partial charge in [0, 0.05) is 25.6 Å². The van der Waals surface area contributed by atoms with Crippen LogP contribution in [-0.2, 0) is 16.0 Å².